The molecule has 1 aliphatic rings. The highest BCUT2D eigenvalue weighted by atomic mass is 16.1. The largest absolute Gasteiger partial charge is 0.356 e. The molecule has 5 heteroatoms. The van der Waals surface area contributed by atoms with Crippen LogP contribution in [0, 0.1) is 5.92 Å². The third kappa shape index (κ3) is 4.56. The lowest BCUT2D eigenvalue weighted by Gasteiger charge is -2.18. The highest BCUT2D eigenvalue weighted by molar-refractivity contribution is 5.93. The minimum absolute atomic E-state index is 0.124. The van der Waals surface area contributed by atoms with Crippen LogP contribution in [0.2, 0.25) is 0 Å². The number of carbonyl (C=O) groups excluding carboxylic acids is 1. The maximum atomic E-state index is 12.6. The molecule has 25 heavy (non-hydrogen) atoms. The zero-order valence-corrected chi connectivity index (χ0v) is 15.0. The Kier molecular flexibility index (Phi) is 5.64. The van der Waals surface area contributed by atoms with Crippen LogP contribution in [0.4, 0.5) is 5.82 Å². The molecule has 3 rings (SSSR count). The van der Waals surface area contributed by atoms with Crippen molar-refractivity contribution in [2.24, 2.45) is 5.92 Å². The van der Waals surface area contributed by atoms with Gasteiger partial charge in [-0.05, 0) is 25.2 Å². The molecule has 1 N–H and O–H groups in total. The third-order valence-corrected chi connectivity index (χ3v) is 4.41. The summed E-state index contributed by atoms with van der Waals surface area (Å²) in [6.07, 6.45) is 3.29. The van der Waals surface area contributed by atoms with E-state index in [1.807, 2.05) is 36.4 Å². The molecular weight excluding hydrogens is 312 g/mol. The lowest BCUT2D eigenvalue weighted by molar-refractivity contribution is 0.0947. The maximum absolute atomic E-state index is 12.6. The smallest absolute Gasteiger partial charge is 0.270 e. The summed E-state index contributed by atoms with van der Waals surface area (Å²) in [6.45, 7) is 6.94. The Bertz CT molecular complexity index is 709. The summed E-state index contributed by atoms with van der Waals surface area (Å²) in [6, 6.07) is 11.7. The average Bonchev–Trinajstić information content (AvgIpc) is 3.16. The number of nitrogens with zero attached hydrogens (tertiary/aromatic N) is 3. The van der Waals surface area contributed by atoms with E-state index in [2.05, 4.69) is 29.0 Å². The summed E-state index contributed by atoms with van der Waals surface area (Å²) >= 11 is 0. The van der Waals surface area contributed by atoms with Gasteiger partial charge in [-0.3, -0.25) is 4.79 Å². The molecule has 0 radical (unpaired) electrons. The zero-order valence-electron chi connectivity index (χ0n) is 15.0. The van der Waals surface area contributed by atoms with Gasteiger partial charge in [0.1, 0.15) is 11.5 Å². The summed E-state index contributed by atoms with van der Waals surface area (Å²) in [7, 11) is 0. The molecular formula is C20H26N4O. The van der Waals surface area contributed by atoms with Gasteiger partial charge in [0.15, 0.2) is 5.82 Å². The Balaban J connectivity index is 1.88. The molecule has 1 saturated heterocycles. The van der Waals surface area contributed by atoms with Crippen LogP contribution in [-0.2, 0) is 0 Å². The van der Waals surface area contributed by atoms with E-state index in [0.717, 1.165) is 30.9 Å². The van der Waals surface area contributed by atoms with Gasteiger partial charge >= 0.3 is 0 Å². The number of carbonyl (C=O) groups is 1. The number of amides is 1. The van der Waals surface area contributed by atoms with Crippen molar-refractivity contribution in [2.45, 2.75) is 33.1 Å². The van der Waals surface area contributed by atoms with Crippen LogP contribution < -0.4 is 10.2 Å². The number of rotatable bonds is 6. The molecule has 0 bridgehead atoms. The SMILES string of the molecule is CC(C)CCNC(=O)c1cc(N2CCCC2)nc(-c2ccccc2)n1. The minimum atomic E-state index is -0.124. The average molecular weight is 338 g/mol. The minimum Gasteiger partial charge on any atom is -0.356 e. The van der Waals surface area contributed by atoms with Crippen LogP contribution in [-0.4, -0.2) is 35.5 Å². The Morgan fingerprint density at radius 1 is 1.16 bits per heavy atom. The van der Waals surface area contributed by atoms with Crippen molar-refractivity contribution in [3.8, 4) is 11.4 Å². The van der Waals surface area contributed by atoms with E-state index in [-0.39, 0.29) is 5.91 Å². The van der Waals surface area contributed by atoms with Crippen LogP contribution in [0.3, 0.4) is 0 Å². The summed E-state index contributed by atoms with van der Waals surface area (Å²) in [5, 5.41) is 2.98. The molecule has 1 aromatic carbocycles. The van der Waals surface area contributed by atoms with Gasteiger partial charge in [0.25, 0.3) is 5.91 Å². The second kappa shape index (κ2) is 8.10. The lowest BCUT2D eigenvalue weighted by atomic mass is 10.1. The van der Waals surface area contributed by atoms with E-state index < -0.39 is 0 Å². The summed E-state index contributed by atoms with van der Waals surface area (Å²) < 4.78 is 0. The summed E-state index contributed by atoms with van der Waals surface area (Å²) in [4.78, 5) is 24.0. The van der Waals surface area contributed by atoms with Crippen molar-refractivity contribution >= 4 is 11.7 Å². The van der Waals surface area contributed by atoms with Crippen molar-refractivity contribution < 1.29 is 4.79 Å². The van der Waals surface area contributed by atoms with Crippen LogP contribution in [0.5, 0.6) is 0 Å². The maximum Gasteiger partial charge on any atom is 0.270 e. The first kappa shape index (κ1) is 17.4. The normalized spacial score (nSPS) is 14.1. The van der Waals surface area contributed by atoms with Crippen molar-refractivity contribution in [3.63, 3.8) is 0 Å². The van der Waals surface area contributed by atoms with Gasteiger partial charge in [0.2, 0.25) is 0 Å². The highest BCUT2D eigenvalue weighted by Crippen LogP contribution is 2.23. The monoisotopic (exact) mass is 338 g/mol. The second-order valence-corrected chi connectivity index (χ2v) is 6.93. The van der Waals surface area contributed by atoms with Gasteiger partial charge in [-0.2, -0.15) is 0 Å². The van der Waals surface area contributed by atoms with E-state index >= 15 is 0 Å². The number of hydrogen-bond donors (Lipinski definition) is 1. The summed E-state index contributed by atoms with van der Waals surface area (Å²) in [5.41, 5.74) is 1.37. The van der Waals surface area contributed by atoms with E-state index in [9.17, 15) is 4.79 Å². The zero-order chi connectivity index (χ0) is 17.6. The fourth-order valence-electron chi connectivity index (χ4n) is 2.94. The Hall–Kier alpha value is -2.43. The molecule has 0 unspecified atom stereocenters. The van der Waals surface area contributed by atoms with Crippen molar-refractivity contribution in [3.05, 3.63) is 42.1 Å². The quantitative estimate of drug-likeness (QED) is 0.875. The van der Waals surface area contributed by atoms with E-state index in [4.69, 9.17) is 4.98 Å². The second-order valence-electron chi connectivity index (χ2n) is 6.93. The van der Waals surface area contributed by atoms with Crippen LogP contribution >= 0.6 is 0 Å². The Morgan fingerprint density at radius 2 is 1.88 bits per heavy atom. The van der Waals surface area contributed by atoms with Crippen molar-refractivity contribution in [1.29, 1.82) is 0 Å². The first-order valence-corrected chi connectivity index (χ1v) is 9.11. The molecule has 1 amide bonds. The number of nitrogens with one attached hydrogen (secondary N) is 1. The predicted octanol–water partition coefficient (Wildman–Crippen LogP) is 3.52. The lowest BCUT2D eigenvalue weighted by Crippen LogP contribution is -2.27. The fourth-order valence-corrected chi connectivity index (χ4v) is 2.94. The van der Waals surface area contributed by atoms with Gasteiger partial charge in [0.05, 0.1) is 0 Å². The first-order valence-electron chi connectivity index (χ1n) is 9.11. The first-order chi connectivity index (χ1) is 12.1. The molecule has 1 aromatic heterocycles. The van der Waals surface area contributed by atoms with Gasteiger partial charge in [-0.25, -0.2) is 9.97 Å². The number of aromatic nitrogens is 2. The van der Waals surface area contributed by atoms with Gasteiger partial charge in [-0.15, -0.1) is 0 Å². The van der Waals surface area contributed by atoms with Crippen LogP contribution in [0.25, 0.3) is 11.4 Å². The van der Waals surface area contributed by atoms with Crippen LogP contribution in [0.15, 0.2) is 36.4 Å². The van der Waals surface area contributed by atoms with Gasteiger partial charge < -0.3 is 10.2 Å². The molecule has 0 atom stereocenters. The van der Waals surface area contributed by atoms with Crippen LogP contribution in [0.1, 0.15) is 43.6 Å². The van der Waals surface area contributed by atoms with Crippen molar-refractivity contribution in [1.82, 2.24) is 15.3 Å². The molecule has 2 heterocycles. The predicted molar refractivity (Wildman–Crippen MR) is 101 cm³/mol. The molecule has 0 saturated carbocycles. The Labute approximate surface area is 149 Å². The molecule has 0 spiro atoms. The van der Waals surface area contributed by atoms with E-state index in [1.54, 1.807) is 0 Å². The van der Waals surface area contributed by atoms with E-state index in [0.29, 0.717) is 24.0 Å². The number of anilines is 1. The van der Waals surface area contributed by atoms with E-state index in [1.165, 1.54) is 12.8 Å². The number of hydrogen-bond acceptors (Lipinski definition) is 4. The molecule has 2 aromatic rings. The molecule has 1 fully saturated rings. The van der Waals surface area contributed by atoms with Crippen molar-refractivity contribution in [2.75, 3.05) is 24.5 Å². The third-order valence-electron chi connectivity index (χ3n) is 4.41. The molecule has 1 aliphatic heterocycles. The molecule has 0 aliphatic carbocycles. The molecule has 132 valence electrons. The van der Waals surface area contributed by atoms with Gasteiger partial charge in [0, 0.05) is 31.3 Å². The number of benzene rings is 1. The summed E-state index contributed by atoms with van der Waals surface area (Å²) in [5.74, 6) is 1.89. The highest BCUT2D eigenvalue weighted by Gasteiger charge is 2.19. The topological polar surface area (TPSA) is 58.1 Å². The van der Waals surface area contributed by atoms with Gasteiger partial charge in [-0.1, -0.05) is 44.2 Å². The fraction of sp³-hybridized carbons (Fsp3) is 0.450. The molecule has 5 nitrogen and oxygen atoms in total. The Morgan fingerprint density at radius 3 is 2.56 bits per heavy atom. The standard InChI is InChI=1S/C20H26N4O/c1-15(2)10-11-21-20(25)17-14-18(24-12-6-7-13-24)23-19(22-17)16-8-4-3-5-9-16/h3-5,8-9,14-15H,6-7,10-13H2,1-2H3,(H,21,25).